The van der Waals surface area contributed by atoms with E-state index in [1.165, 1.54) is 12.1 Å². The van der Waals surface area contributed by atoms with Gasteiger partial charge in [-0.3, -0.25) is 4.99 Å². The summed E-state index contributed by atoms with van der Waals surface area (Å²) < 4.78 is 0. The van der Waals surface area contributed by atoms with E-state index in [1.54, 1.807) is 6.07 Å². The van der Waals surface area contributed by atoms with Crippen LogP contribution in [0.2, 0.25) is 0 Å². The van der Waals surface area contributed by atoms with Gasteiger partial charge in [-0.2, -0.15) is 0 Å². The van der Waals surface area contributed by atoms with Crippen LogP contribution in [0.3, 0.4) is 0 Å². The Balaban J connectivity index is 2.60. The first-order valence-corrected chi connectivity index (χ1v) is 4.16. The Morgan fingerprint density at radius 2 is 1.93 bits per heavy atom. The van der Waals surface area contributed by atoms with Gasteiger partial charge in [0.05, 0.1) is 0 Å². The monoisotopic (exact) mass is 195 g/mol. The van der Waals surface area contributed by atoms with Crippen molar-refractivity contribution in [3.8, 4) is 11.5 Å². The van der Waals surface area contributed by atoms with Gasteiger partial charge in [0.1, 0.15) is 0 Å². The van der Waals surface area contributed by atoms with Gasteiger partial charge >= 0.3 is 0 Å². The number of aliphatic imine (C=N–C) groups is 1. The predicted molar refractivity (Wildman–Crippen MR) is 54.2 cm³/mol. The van der Waals surface area contributed by atoms with Gasteiger partial charge in [-0.1, -0.05) is 6.07 Å². The zero-order valence-corrected chi connectivity index (χ0v) is 7.64. The minimum atomic E-state index is -0.132. The lowest BCUT2D eigenvalue weighted by Crippen LogP contribution is -2.23. The molecule has 0 aromatic heterocycles. The molecule has 0 aliphatic carbocycles. The number of aromatic hydroxyl groups is 2. The molecule has 0 saturated carbocycles. The van der Waals surface area contributed by atoms with Crippen molar-refractivity contribution in [3.05, 3.63) is 23.8 Å². The maximum atomic E-state index is 9.17. The largest absolute Gasteiger partial charge is 0.504 e. The molecule has 1 aromatic carbocycles. The van der Waals surface area contributed by atoms with Crippen molar-refractivity contribution >= 4 is 5.96 Å². The first kappa shape index (κ1) is 10.2. The van der Waals surface area contributed by atoms with Crippen molar-refractivity contribution in [2.75, 3.05) is 6.54 Å². The Labute approximate surface area is 81.7 Å². The second kappa shape index (κ2) is 4.36. The third-order valence-corrected chi connectivity index (χ3v) is 1.73. The van der Waals surface area contributed by atoms with Crippen LogP contribution in [0.5, 0.6) is 11.5 Å². The quantitative estimate of drug-likeness (QED) is 0.307. The Bertz CT molecular complexity index is 346. The third-order valence-electron chi connectivity index (χ3n) is 1.73. The van der Waals surface area contributed by atoms with Crippen LogP contribution in [0.1, 0.15) is 5.56 Å². The fraction of sp³-hybridized carbons (Fsp3) is 0.222. The van der Waals surface area contributed by atoms with Crippen molar-refractivity contribution in [1.82, 2.24) is 0 Å². The molecule has 0 aliphatic rings. The summed E-state index contributed by atoms with van der Waals surface area (Å²) in [6.45, 7) is 0.465. The average molecular weight is 195 g/mol. The SMILES string of the molecule is NC(N)=NCCc1ccc(O)c(O)c1. The minimum absolute atomic E-state index is 0.0491. The molecule has 0 fully saturated rings. The van der Waals surface area contributed by atoms with Crippen LogP contribution in [0.4, 0.5) is 0 Å². The molecular formula is C9H13N3O2. The summed E-state index contributed by atoms with van der Waals surface area (Å²) >= 11 is 0. The molecule has 6 N–H and O–H groups in total. The second-order valence-electron chi connectivity index (χ2n) is 2.88. The van der Waals surface area contributed by atoms with Crippen molar-refractivity contribution in [2.45, 2.75) is 6.42 Å². The highest BCUT2D eigenvalue weighted by Crippen LogP contribution is 2.24. The fourth-order valence-electron chi connectivity index (χ4n) is 1.04. The Morgan fingerprint density at radius 3 is 2.50 bits per heavy atom. The van der Waals surface area contributed by atoms with Gasteiger partial charge < -0.3 is 21.7 Å². The van der Waals surface area contributed by atoms with Crippen LogP contribution in [0.25, 0.3) is 0 Å². The number of nitrogens with two attached hydrogens (primary N) is 2. The minimum Gasteiger partial charge on any atom is -0.504 e. The van der Waals surface area contributed by atoms with Crippen molar-refractivity contribution in [2.24, 2.45) is 16.5 Å². The molecule has 1 rings (SSSR count). The summed E-state index contributed by atoms with van der Waals surface area (Å²) in [5.74, 6) is -0.212. The predicted octanol–water partition coefficient (Wildman–Crippen LogP) is -0.0863. The van der Waals surface area contributed by atoms with E-state index in [4.69, 9.17) is 16.6 Å². The summed E-state index contributed by atoms with van der Waals surface area (Å²) in [6.07, 6.45) is 0.617. The van der Waals surface area contributed by atoms with E-state index in [1.807, 2.05) is 0 Å². The van der Waals surface area contributed by atoms with E-state index in [2.05, 4.69) is 4.99 Å². The summed E-state index contributed by atoms with van der Waals surface area (Å²) in [6, 6.07) is 4.62. The molecule has 14 heavy (non-hydrogen) atoms. The van der Waals surface area contributed by atoms with E-state index < -0.39 is 0 Å². The zero-order valence-electron chi connectivity index (χ0n) is 7.64. The number of rotatable bonds is 3. The highest BCUT2D eigenvalue weighted by atomic mass is 16.3. The molecule has 76 valence electrons. The molecular weight excluding hydrogens is 182 g/mol. The van der Waals surface area contributed by atoms with E-state index >= 15 is 0 Å². The number of guanidine groups is 1. The van der Waals surface area contributed by atoms with Crippen LogP contribution in [0, 0.1) is 0 Å². The summed E-state index contributed by atoms with van der Waals surface area (Å²) in [5, 5.41) is 18.2. The summed E-state index contributed by atoms with van der Waals surface area (Å²) in [4.78, 5) is 3.80. The molecule has 0 saturated heterocycles. The van der Waals surface area contributed by atoms with Crippen LogP contribution < -0.4 is 11.5 Å². The number of nitrogens with zero attached hydrogens (tertiary/aromatic N) is 1. The molecule has 0 unspecified atom stereocenters. The van der Waals surface area contributed by atoms with E-state index in [0.717, 1.165) is 5.56 Å². The van der Waals surface area contributed by atoms with Crippen LogP contribution >= 0.6 is 0 Å². The normalized spacial score (nSPS) is 9.71. The molecule has 0 bridgehead atoms. The lowest BCUT2D eigenvalue weighted by Gasteiger charge is -2.01. The molecule has 0 heterocycles. The van der Waals surface area contributed by atoms with Crippen LogP contribution in [-0.2, 0) is 6.42 Å². The topological polar surface area (TPSA) is 105 Å². The summed E-state index contributed by atoms with van der Waals surface area (Å²) in [7, 11) is 0. The first-order chi connectivity index (χ1) is 6.59. The number of hydrogen-bond donors (Lipinski definition) is 4. The first-order valence-electron chi connectivity index (χ1n) is 4.16. The molecule has 1 aromatic rings. The second-order valence-corrected chi connectivity index (χ2v) is 2.88. The molecule has 0 aliphatic heterocycles. The van der Waals surface area contributed by atoms with Crippen molar-refractivity contribution < 1.29 is 10.2 Å². The molecule has 0 atom stereocenters. The summed E-state index contributed by atoms with van der Waals surface area (Å²) in [5.41, 5.74) is 11.2. The maximum Gasteiger partial charge on any atom is 0.185 e. The van der Waals surface area contributed by atoms with Crippen LogP contribution in [0.15, 0.2) is 23.2 Å². The molecule has 5 nitrogen and oxygen atoms in total. The van der Waals surface area contributed by atoms with Crippen LogP contribution in [-0.4, -0.2) is 22.7 Å². The molecule has 0 spiro atoms. The Hall–Kier alpha value is -1.91. The molecule has 0 amide bonds. The number of phenolic OH excluding ortho intramolecular Hbond substituents is 2. The van der Waals surface area contributed by atoms with Gasteiger partial charge in [0.25, 0.3) is 0 Å². The molecule has 0 radical (unpaired) electrons. The number of benzene rings is 1. The van der Waals surface area contributed by atoms with E-state index in [9.17, 15) is 5.11 Å². The van der Waals surface area contributed by atoms with Gasteiger partial charge in [-0.15, -0.1) is 0 Å². The Morgan fingerprint density at radius 1 is 1.21 bits per heavy atom. The lowest BCUT2D eigenvalue weighted by molar-refractivity contribution is 0.403. The van der Waals surface area contributed by atoms with Gasteiger partial charge in [-0.05, 0) is 24.1 Å². The standard InChI is InChI=1S/C9H13N3O2/c10-9(11)12-4-3-6-1-2-7(13)8(14)5-6/h1-2,5,13-14H,3-4H2,(H4,10,11,12). The highest BCUT2D eigenvalue weighted by molar-refractivity contribution is 5.75. The van der Waals surface area contributed by atoms with Gasteiger partial charge in [-0.25, -0.2) is 0 Å². The Kier molecular flexibility index (Phi) is 3.17. The van der Waals surface area contributed by atoms with Gasteiger partial charge in [0.2, 0.25) is 0 Å². The maximum absolute atomic E-state index is 9.17. The fourth-order valence-corrected chi connectivity index (χ4v) is 1.04. The van der Waals surface area contributed by atoms with Crippen molar-refractivity contribution in [3.63, 3.8) is 0 Å². The van der Waals surface area contributed by atoms with E-state index in [0.29, 0.717) is 13.0 Å². The van der Waals surface area contributed by atoms with Gasteiger partial charge in [0.15, 0.2) is 17.5 Å². The average Bonchev–Trinajstić information content (AvgIpc) is 2.10. The molecule has 5 heteroatoms. The number of phenols is 2. The zero-order chi connectivity index (χ0) is 10.6. The number of hydrogen-bond acceptors (Lipinski definition) is 3. The third kappa shape index (κ3) is 2.85. The van der Waals surface area contributed by atoms with Crippen molar-refractivity contribution in [1.29, 1.82) is 0 Å². The smallest absolute Gasteiger partial charge is 0.185 e. The van der Waals surface area contributed by atoms with Gasteiger partial charge in [0, 0.05) is 6.54 Å². The lowest BCUT2D eigenvalue weighted by atomic mass is 10.1. The highest BCUT2D eigenvalue weighted by Gasteiger charge is 1.99. The van der Waals surface area contributed by atoms with E-state index in [-0.39, 0.29) is 17.5 Å².